The Balaban J connectivity index is 2.02. The lowest BCUT2D eigenvalue weighted by Crippen LogP contribution is -2.24. The third-order valence-electron chi connectivity index (χ3n) is 2.23. The lowest BCUT2D eigenvalue weighted by atomic mass is 10.1. The molecule has 0 amide bonds. The highest BCUT2D eigenvalue weighted by Crippen LogP contribution is 2.30. The number of rotatable bonds is 2. The minimum absolute atomic E-state index is 0.0470. The van der Waals surface area contributed by atoms with Gasteiger partial charge < -0.3 is 9.47 Å². The van der Waals surface area contributed by atoms with E-state index in [4.69, 9.17) is 14.7 Å². The summed E-state index contributed by atoms with van der Waals surface area (Å²) in [7, 11) is 0. The molecule has 1 aliphatic rings. The van der Waals surface area contributed by atoms with Gasteiger partial charge in [0.15, 0.2) is 0 Å². The lowest BCUT2D eigenvalue weighted by Gasteiger charge is -2.28. The molecule has 4 heteroatoms. The standard InChI is InChI=1S/C11H11NO2S/c12-8-15-11-13-7-6-10(14-11)9-4-2-1-3-5-9/h1-5,10-11H,6-7H2. The molecule has 2 atom stereocenters. The Hall–Kier alpha value is -1.02. The monoisotopic (exact) mass is 221 g/mol. The van der Waals surface area contributed by atoms with Crippen LogP contribution in [0.2, 0.25) is 0 Å². The van der Waals surface area contributed by atoms with Gasteiger partial charge in [-0.15, -0.1) is 0 Å². The van der Waals surface area contributed by atoms with Gasteiger partial charge in [0.1, 0.15) is 5.40 Å². The first-order valence-electron chi connectivity index (χ1n) is 4.77. The Morgan fingerprint density at radius 3 is 2.87 bits per heavy atom. The summed E-state index contributed by atoms with van der Waals surface area (Å²) in [5.74, 6) is 0. The number of ether oxygens (including phenoxy) is 2. The molecule has 15 heavy (non-hydrogen) atoms. The largest absolute Gasteiger partial charge is 0.343 e. The molecule has 2 unspecified atom stereocenters. The van der Waals surface area contributed by atoms with Crippen LogP contribution in [0.25, 0.3) is 0 Å². The van der Waals surface area contributed by atoms with E-state index in [9.17, 15) is 0 Å². The van der Waals surface area contributed by atoms with Crippen molar-refractivity contribution in [2.75, 3.05) is 6.61 Å². The number of hydrogen-bond acceptors (Lipinski definition) is 4. The number of nitriles is 1. The molecule has 1 aromatic rings. The zero-order valence-corrected chi connectivity index (χ0v) is 8.94. The molecular formula is C11H11NO2S. The molecule has 1 aliphatic heterocycles. The highest BCUT2D eigenvalue weighted by atomic mass is 32.2. The van der Waals surface area contributed by atoms with E-state index in [0.717, 1.165) is 23.7 Å². The molecule has 0 aliphatic carbocycles. The first-order valence-corrected chi connectivity index (χ1v) is 5.65. The van der Waals surface area contributed by atoms with E-state index in [-0.39, 0.29) is 6.10 Å². The highest BCUT2D eigenvalue weighted by molar-refractivity contribution is 8.04. The van der Waals surface area contributed by atoms with Crippen LogP contribution in [0.3, 0.4) is 0 Å². The fourth-order valence-electron chi connectivity index (χ4n) is 1.53. The van der Waals surface area contributed by atoms with E-state index in [1.54, 1.807) is 0 Å². The molecule has 3 nitrogen and oxygen atoms in total. The van der Waals surface area contributed by atoms with Gasteiger partial charge in [0.2, 0.25) is 5.62 Å². The van der Waals surface area contributed by atoms with E-state index in [2.05, 4.69) is 0 Å². The third kappa shape index (κ3) is 2.72. The predicted molar refractivity (Wildman–Crippen MR) is 57.8 cm³/mol. The van der Waals surface area contributed by atoms with Gasteiger partial charge in [-0.1, -0.05) is 30.3 Å². The molecule has 1 fully saturated rings. The molecule has 0 radical (unpaired) electrons. The van der Waals surface area contributed by atoms with Crippen LogP contribution in [0.5, 0.6) is 0 Å². The van der Waals surface area contributed by atoms with Gasteiger partial charge in [-0.25, -0.2) is 0 Å². The van der Waals surface area contributed by atoms with Gasteiger partial charge in [-0.2, -0.15) is 5.26 Å². The number of thiocyanates is 1. The Kier molecular flexibility index (Phi) is 3.62. The van der Waals surface area contributed by atoms with Crippen LogP contribution >= 0.6 is 11.8 Å². The lowest BCUT2D eigenvalue weighted by molar-refractivity contribution is -0.164. The molecular weight excluding hydrogens is 210 g/mol. The van der Waals surface area contributed by atoms with Crippen LogP contribution in [0.1, 0.15) is 18.1 Å². The van der Waals surface area contributed by atoms with Crippen molar-refractivity contribution in [1.82, 2.24) is 0 Å². The number of benzene rings is 1. The average Bonchev–Trinajstić information content (AvgIpc) is 2.31. The second kappa shape index (κ2) is 5.17. The van der Waals surface area contributed by atoms with Crippen molar-refractivity contribution < 1.29 is 9.47 Å². The quantitative estimate of drug-likeness (QED) is 0.720. The van der Waals surface area contributed by atoms with E-state index in [1.807, 2.05) is 35.7 Å². The predicted octanol–water partition coefficient (Wildman–Crippen LogP) is 2.66. The summed E-state index contributed by atoms with van der Waals surface area (Å²) in [6.07, 6.45) is 0.887. The van der Waals surface area contributed by atoms with Crippen molar-refractivity contribution >= 4 is 11.8 Å². The maximum Gasteiger partial charge on any atom is 0.221 e. The summed E-state index contributed by atoms with van der Waals surface area (Å²) in [4.78, 5) is 0. The van der Waals surface area contributed by atoms with E-state index < -0.39 is 5.62 Å². The second-order valence-corrected chi connectivity index (χ2v) is 4.00. The van der Waals surface area contributed by atoms with E-state index in [0.29, 0.717) is 6.61 Å². The molecule has 0 spiro atoms. The van der Waals surface area contributed by atoms with Crippen LogP contribution in [0.15, 0.2) is 30.3 Å². The van der Waals surface area contributed by atoms with Crippen LogP contribution in [0, 0.1) is 10.7 Å². The molecule has 1 heterocycles. The summed E-state index contributed by atoms with van der Waals surface area (Å²) in [6, 6.07) is 10.0. The Labute approximate surface area is 93.0 Å². The SMILES string of the molecule is N#CSC1OCCC(c2ccccc2)O1. The fourth-order valence-corrected chi connectivity index (χ4v) is 1.97. The van der Waals surface area contributed by atoms with Gasteiger partial charge in [0.25, 0.3) is 0 Å². The molecule has 0 N–H and O–H groups in total. The van der Waals surface area contributed by atoms with Crippen LogP contribution in [-0.2, 0) is 9.47 Å². The average molecular weight is 221 g/mol. The number of thioether (sulfide) groups is 1. The summed E-state index contributed by atoms with van der Waals surface area (Å²) in [5, 5.41) is 10.5. The minimum atomic E-state index is -0.450. The smallest absolute Gasteiger partial charge is 0.221 e. The Morgan fingerprint density at radius 1 is 1.33 bits per heavy atom. The van der Waals surface area contributed by atoms with Crippen LogP contribution in [0.4, 0.5) is 0 Å². The topological polar surface area (TPSA) is 42.2 Å². The zero-order valence-electron chi connectivity index (χ0n) is 8.13. The van der Waals surface area contributed by atoms with Crippen LogP contribution < -0.4 is 0 Å². The molecule has 1 saturated heterocycles. The minimum Gasteiger partial charge on any atom is -0.343 e. The maximum atomic E-state index is 8.53. The van der Waals surface area contributed by atoms with Crippen molar-refractivity contribution in [2.45, 2.75) is 18.1 Å². The Bertz CT molecular complexity index is 349. The van der Waals surface area contributed by atoms with Gasteiger partial charge in [-0.05, 0) is 5.56 Å². The zero-order chi connectivity index (χ0) is 10.5. The molecule has 0 bridgehead atoms. The summed E-state index contributed by atoms with van der Waals surface area (Å²) in [5.41, 5.74) is 0.693. The third-order valence-corrected chi connectivity index (χ3v) is 2.77. The first kappa shape index (κ1) is 10.5. The first-order chi connectivity index (χ1) is 7.40. The van der Waals surface area contributed by atoms with Crippen LogP contribution in [-0.4, -0.2) is 12.2 Å². The number of nitrogens with zero attached hydrogens (tertiary/aromatic N) is 1. The second-order valence-electron chi connectivity index (χ2n) is 3.19. The normalized spacial score (nSPS) is 25.8. The molecule has 0 aromatic heterocycles. The van der Waals surface area contributed by atoms with Crippen molar-refractivity contribution in [3.63, 3.8) is 0 Å². The van der Waals surface area contributed by atoms with Gasteiger partial charge in [0.05, 0.1) is 12.7 Å². The fraction of sp³-hybridized carbons (Fsp3) is 0.364. The summed E-state index contributed by atoms with van der Waals surface area (Å²) >= 11 is 1.01. The number of hydrogen-bond donors (Lipinski definition) is 0. The van der Waals surface area contributed by atoms with Crippen molar-refractivity contribution in [3.8, 4) is 5.40 Å². The summed E-state index contributed by atoms with van der Waals surface area (Å²) < 4.78 is 10.9. The van der Waals surface area contributed by atoms with Crippen molar-refractivity contribution in [2.24, 2.45) is 0 Å². The van der Waals surface area contributed by atoms with E-state index in [1.165, 1.54) is 0 Å². The van der Waals surface area contributed by atoms with Gasteiger partial charge in [-0.3, -0.25) is 0 Å². The van der Waals surface area contributed by atoms with E-state index >= 15 is 0 Å². The molecule has 1 aromatic carbocycles. The molecule has 78 valence electrons. The van der Waals surface area contributed by atoms with Crippen molar-refractivity contribution in [3.05, 3.63) is 35.9 Å². The molecule has 2 rings (SSSR count). The molecule has 0 saturated carbocycles. The van der Waals surface area contributed by atoms with Crippen molar-refractivity contribution in [1.29, 1.82) is 5.26 Å². The Morgan fingerprint density at radius 2 is 2.13 bits per heavy atom. The van der Waals surface area contributed by atoms with Gasteiger partial charge >= 0.3 is 0 Å². The summed E-state index contributed by atoms with van der Waals surface area (Å²) in [6.45, 7) is 0.638. The maximum absolute atomic E-state index is 8.53. The van der Waals surface area contributed by atoms with Gasteiger partial charge in [0, 0.05) is 18.2 Å². The highest BCUT2D eigenvalue weighted by Gasteiger charge is 2.24.